The predicted octanol–water partition coefficient (Wildman–Crippen LogP) is 1.12. The van der Waals surface area contributed by atoms with Gasteiger partial charge in [-0.05, 0) is 36.8 Å². The Balaban J connectivity index is 1.50. The molecule has 3 atom stereocenters. The Morgan fingerprint density at radius 1 is 1.25 bits per heavy atom. The standard InChI is InChI=1S/C20H23N3O4S/c1-13-15(3-2-4-18(13)24)20(25)22-17-12-28(26,27)19-11-23(10-16(17)19)9-14-5-7-21-8-6-14/h2-8,16-17,19,24H,9-12H2,1H3,(H,22,25)/t16-,17+,19-/m0/s1. The molecule has 7 nitrogen and oxygen atoms in total. The first-order valence-electron chi connectivity index (χ1n) is 9.27. The van der Waals surface area contributed by atoms with Gasteiger partial charge in [0.2, 0.25) is 0 Å². The highest BCUT2D eigenvalue weighted by Gasteiger charge is 2.52. The van der Waals surface area contributed by atoms with Crippen molar-refractivity contribution in [2.24, 2.45) is 5.92 Å². The quantitative estimate of drug-likeness (QED) is 0.797. The van der Waals surface area contributed by atoms with Gasteiger partial charge >= 0.3 is 0 Å². The summed E-state index contributed by atoms with van der Waals surface area (Å²) in [5.41, 5.74) is 1.94. The number of benzene rings is 1. The van der Waals surface area contributed by atoms with Crippen LogP contribution < -0.4 is 5.32 Å². The highest BCUT2D eigenvalue weighted by molar-refractivity contribution is 7.92. The van der Waals surface area contributed by atoms with Gasteiger partial charge in [0.05, 0.1) is 11.0 Å². The average Bonchev–Trinajstić information content (AvgIpc) is 3.17. The molecular weight excluding hydrogens is 378 g/mol. The van der Waals surface area contributed by atoms with Crippen molar-refractivity contribution in [3.05, 3.63) is 59.4 Å². The largest absolute Gasteiger partial charge is 0.508 e. The van der Waals surface area contributed by atoms with Crippen LogP contribution in [0.15, 0.2) is 42.7 Å². The van der Waals surface area contributed by atoms with Gasteiger partial charge in [-0.1, -0.05) is 6.07 Å². The van der Waals surface area contributed by atoms with Crippen molar-refractivity contribution in [2.75, 3.05) is 18.8 Å². The lowest BCUT2D eigenvalue weighted by Crippen LogP contribution is -2.42. The Morgan fingerprint density at radius 3 is 2.75 bits per heavy atom. The van der Waals surface area contributed by atoms with E-state index in [1.807, 2.05) is 12.1 Å². The van der Waals surface area contributed by atoms with Crippen molar-refractivity contribution in [1.82, 2.24) is 15.2 Å². The zero-order valence-corrected chi connectivity index (χ0v) is 16.4. The number of phenols is 1. The van der Waals surface area contributed by atoms with E-state index in [2.05, 4.69) is 15.2 Å². The number of carbonyl (C=O) groups excluding carboxylic acids is 1. The molecule has 8 heteroatoms. The number of fused-ring (bicyclic) bond motifs is 1. The van der Waals surface area contributed by atoms with Gasteiger partial charge < -0.3 is 10.4 Å². The van der Waals surface area contributed by atoms with Crippen molar-refractivity contribution >= 4 is 15.7 Å². The fraction of sp³-hybridized carbons (Fsp3) is 0.400. The maximum atomic E-state index is 12.7. The first-order valence-corrected chi connectivity index (χ1v) is 11.0. The zero-order valence-electron chi connectivity index (χ0n) is 15.6. The third-order valence-electron chi connectivity index (χ3n) is 5.80. The summed E-state index contributed by atoms with van der Waals surface area (Å²) in [6.45, 7) is 3.44. The van der Waals surface area contributed by atoms with Crippen LogP contribution in [-0.2, 0) is 16.4 Å². The Labute approximate surface area is 164 Å². The smallest absolute Gasteiger partial charge is 0.251 e. The average molecular weight is 401 g/mol. The molecule has 0 unspecified atom stereocenters. The van der Waals surface area contributed by atoms with Crippen molar-refractivity contribution in [3.8, 4) is 5.75 Å². The number of aromatic nitrogens is 1. The fourth-order valence-corrected chi connectivity index (χ4v) is 6.61. The minimum atomic E-state index is -3.26. The van der Waals surface area contributed by atoms with Gasteiger partial charge in [0, 0.05) is 55.1 Å². The number of hydrogen-bond donors (Lipinski definition) is 2. The van der Waals surface area contributed by atoms with Crippen LogP contribution in [0.1, 0.15) is 21.5 Å². The molecule has 0 saturated carbocycles. The molecule has 1 aromatic heterocycles. The number of aromatic hydroxyl groups is 1. The van der Waals surface area contributed by atoms with Gasteiger partial charge in [-0.2, -0.15) is 0 Å². The Hall–Kier alpha value is -2.45. The Bertz CT molecular complexity index is 994. The molecule has 2 aromatic rings. The van der Waals surface area contributed by atoms with E-state index in [1.54, 1.807) is 31.5 Å². The minimum absolute atomic E-state index is 0.0327. The molecule has 2 N–H and O–H groups in total. The molecule has 2 fully saturated rings. The topological polar surface area (TPSA) is 99.6 Å². The van der Waals surface area contributed by atoms with E-state index in [-0.39, 0.29) is 23.3 Å². The number of hydrogen-bond acceptors (Lipinski definition) is 6. The van der Waals surface area contributed by atoms with Crippen molar-refractivity contribution in [1.29, 1.82) is 0 Å². The SMILES string of the molecule is Cc1c(O)cccc1C(=O)N[C@@H]1CS(=O)(=O)[C@H]2CN(Cc3ccncc3)C[C@@H]12. The number of amides is 1. The molecular formula is C20H23N3O4S. The highest BCUT2D eigenvalue weighted by Crippen LogP contribution is 2.35. The predicted molar refractivity (Wildman–Crippen MR) is 105 cm³/mol. The first kappa shape index (κ1) is 18.9. The Kier molecular flexibility index (Phi) is 4.84. The van der Waals surface area contributed by atoms with E-state index in [1.165, 1.54) is 6.07 Å². The second-order valence-corrected chi connectivity index (χ2v) is 9.88. The van der Waals surface area contributed by atoms with Crippen LogP contribution in [0.5, 0.6) is 5.75 Å². The van der Waals surface area contributed by atoms with Gasteiger partial charge in [0.1, 0.15) is 5.75 Å². The second-order valence-electron chi connectivity index (χ2n) is 7.61. The normalized spacial score (nSPS) is 26.1. The lowest BCUT2D eigenvalue weighted by molar-refractivity contribution is 0.0929. The molecule has 28 heavy (non-hydrogen) atoms. The van der Waals surface area contributed by atoms with E-state index in [9.17, 15) is 18.3 Å². The van der Waals surface area contributed by atoms with Crippen molar-refractivity contribution < 1.29 is 18.3 Å². The summed E-state index contributed by atoms with van der Waals surface area (Å²) in [5.74, 6) is -0.459. The molecule has 2 saturated heterocycles. The number of nitrogens with one attached hydrogen (secondary N) is 1. The number of pyridine rings is 1. The molecule has 3 heterocycles. The Morgan fingerprint density at radius 2 is 2.00 bits per heavy atom. The lowest BCUT2D eigenvalue weighted by Gasteiger charge is -2.21. The summed E-state index contributed by atoms with van der Waals surface area (Å²) < 4.78 is 25.3. The highest BCUT2D eigenvalue weighted by atomic mass is 32.2. The number of rotatable bonds is 4. The minimum Gasteiger partial charge on any atom is -0.508 e. The van der Waals surface area contributed by atoms with E-state index in [4.69, 9.17) is 0 Å². The van der Waals surface area contributed by atoms with E-state index in [0.717, 1.165) is 5.56 Å². The number of nitrogens with zero attached hydrogens (tertiary/aromatic N) is 2. The number of phenolic OH excluding ortho intramolecular Hbond substituents is 1. The number of likely N-dealkylation sites (tertiary alicyclic amines) is 1. The maximum Gasteiger partial charge on any atom is 0.251 e. The molecule has 0 radical (unpaired) electrons. The molecule has 4 rings (SSSR count). The zero-order chi connectivity index (χ0) is 19.9. The summed E-state index contributed by atoms with van der Waals surface area (Å²) >= 11 is 0. The van der Waals surface area contributed by atoms with E-state index in [0.29, 0.717) is 30.8 Å². The third-order valence-corrected chi connectivity index (χ3v) is 8.04. The summed E-state index contributed by atoms with van der Waals surface area (Å²) in [6.07, 6.45) is 3.45. The van der Waals surface area contributed by atoms with Gasteiger partial charge in [0.15, 0.2) is 9.84 Å². The van der Waals surface area contributed by atoms with E-state index >= 15 is 0 Å². The lowest BCUT2D eigenvalue weighted by atomic mass is 9.99. The van der Waals surface area contributed by atoms with Gasteiger partial charge in [-0.25, -0.2) is 8.42 Å². The maximum absolute atomic E-state index is 12.7. The monoisotopic (exact) mass is 401 g/mol. The summed E-state index contributed by atoms with van der Waals surface area (Å²) in [7, 11) is -3.26. The van der Waals surface area contributed by atoms with Crippen LogP contribution in [0.4, 0.5) is 0 Å². The number of sulfone groups is 1. The molecule has 0 spiro atoms. The summed E-state index contributed by atoms with van der Waals surface area (Å²) in [5, 5.41) is 12.3. The first-order chi connectivity index (χ1) is 13.3. The molecule has 0 bridgehead atoms. The van der Waals surface area contributed by atoms with Crippen molar-refractivity contribution in [3.63, 3.8) is 0 Å². The molecule has 0 aliphatic carbocycles. The van der Waals surface area contributed by atoms with Crippen molar-refractivity contribution in [2.45, 2.75) is 24.8 Å². The van der Waals surface area contributed by atoms with Crippen LogP contribution in [-0.4, -0.2) is 59.4 Å². The van der Waals surface area contributed by atoms with E-state index < -0.39 is 21.1 Å². The van der Waals surface area contributed by atoms with Gasteiger partial charge in [0.25, 0.3) is 5.91 Å². The van der Waals surface area contributed by atoms with Crippen LogP contribution in [0, 0.1) is 12.8 Å². The molecule has 148 valence electrons. The number of carbonyl (C=O) groups is 1. The molecule has 2 aliphatic rings. The second kappa shape index (κ2) is 7.18. The van der Waals surface area contributed by atoms with Crippen LogP contribution in [0.2, 0.25) is 0 Å². The van der Waals surface area contributed by atoms with Crippen LogP contribution in [0.25, 0.3) is 0 Å². The molecule has 1 amide bonds. The third kappa shape index (κ3) is 3.49. The van der Waals surface area contributed by atoms with Crippen LogP contribution in [0.3, 0.4) is 0 Å². The molecule has 2 aliphatic heterocycles. The summed E-state index contributed by atoms with van der Waals surface area (Å²) in [4.78, 5) is 18.8. The fourth-order valence-electron chi connectivity index (χ4n) is 4.28. The summed E-state index contributed by atoms with van der Waals surface area (Å²) in [6, 6.07) is 8.19. The molecule has 1 aromatic carbocycles. The van der Waals surface area contributed by atoms with Gasteiger partial charge in [-0.3, -0.25) is 14.7 Å². The van der Waals surface area contributed by atoms with Crippen LogP contribution >= 0.6 is 0 Å². The van der Waals surface area contributed by atoms with Gasteiger partial charge in [-0.15, -0.1) is 0 Å².